The van der Waals surface area contributed by atoms with Crippen LogP contribution in [0.3, 0.4) is 0 Å². The largest absolute Gasteiger partial charge is 0.351 e. The van der Waals surface area contributed by atoms with Gasteiger partial charge in [0.25, 0.3) is 5.91 Å². The van der Waals surface area contributed by atoms with E-state index in [4.69, 9.17) is 0 Å². The first-order valence-corrected chi connectivity index (χ1v) is 9.37. The Labute approximate surface area is 147 Å². The zero-order valence-corrected chi connectivity index (χ0v) is 15.2. The molecule has 2 N–H and O–H groups in total. The molecule has 0 unspecified atom stereocenters. The molecule has 2 rings (SSSR count). The average Bonchev–Trinajstić information content (AvgIpc) is 2.54. The molecule has 0 saturated carbocycles. The van der Waals surface area contributed by atoms with E-state index < -0.39 is 10.0 Å². The van der Waals surface area contributed by atoms with Crippen LogP contribution < -0.4 is 10.0 Å². The number of carbonyl (C=O) groups is 1. The van der Waals surface area contributed by atoms with Crippen molar-refractivity contribution in [1.29, 1.82) is 0 Å². The Morgan fingerprint density at radius 2 is 1.79 bits per heavy atom. The van der Waals surface area contributed by atoms with Gasteiger partial charge in [0.2, 0.25) is 10.0 Å². The van der Waals surface area contributed by atoms with Gasteiger partial charge in [-0.15, -0.1) is 12.6 Å². The van der Waals surface area contributed by atoms with Crippen LogP contribution in [0.25, 0.3) is 0 Å². The fourth-order valence-corrected chi connectivity index (χ4v) is 3.82. The summed E-state index contributed by atoms with van der Waals surface area (Å²) in [4.78, 5) is 12.9. The second kappa shape index (κ2) is 7.83. The van der Waals surface area contributed by atoms with Crippen LogP contribution in [0, 0.1) is 13.8 Å². The molecule has 0 saturated heterocycles. The maximum atomic E-state index is 12.3. The zero-order valence-electron chi connectivity index (χ0n) is 13.5. The van der Waals surface area contributed by atoms with Gasteiger partial charge in [-0.05, 0) is 43.2 Å². The molecule has 0 atom stereocenters. The normalized spacial score (nSPS) is 11.3. The average molecular weight is 364 g/mol. The summed E-state index contributed by atoms with van der Waals surface area (Å²) in [6, 6.07) is 12.2. The predicted molar refractivity (Wildman–Crippen MR) is 97.1 cm³/mol. The van der Waals surface area contributed by atoms with Crippen molar-refractivity contribution in [3.8, 4) is 0 Å². The number of hydrogen-bond donors (Lipinski definition) is 3. The van der Waals surface area contributed by atoms with Crippen LogP contribution in [0.4, 0.5) is 0 Å². The highest BCUT2D eigenvalue weighted by atomic mass is 32.2. The van der Waals surface area contributed by atoms with E-state index in [1.54, 1.807) is 43.3 Å². The molecule has 0 aromatic heterocycles. The van der Waals surface area contributed by atoms with E-state index >= 15 is 0 Å². The first-order chi connectivity index (χ1) is 11.3. The van der Waals surface area contributed by atoms with E-state index in [2.05, 4.69) is 22.7 Å². The van der Waals surface area contributed by atoms with Crippen molar-refractivity contribution < 1.29 is 13.2 Å². The number of amides is 1. The van der Waals surface area contributed by atoms with Crippen molar-refractivity contribution in [2.75, 3.05) is 13.1 Å². The van der Waals surface area contributed by atoms with E-state index in [-0.39, 0.29) is 23.9 Å². The SMILES string of the molecule is Cc1ccc(C)c(S(=O)(=O)NCCNC(=O)c2ccccc2S)c1. The quantitative estimate of drug-likeness (QED) is 0.544. The molecule has 0 radical (unpaired) electrons. The van der Waals surface area contributed by atoms with Crippen molar-refractivity contribution in [3.63, 3.8) is 0 Å². The van der Waals surface area contributed by atoms with E-state index in [1.165, 1.54) is 0 Å². The summed E-state index contributed by atoms with van der Waals surface area (Å²) in [6.45, 7) is 3.88. The fourth-order valence-electron chi connectivity index (χ4n) is 2.20. The highest BCUT2D eigenvalue weighted by Crippen LogP contribution is 2.16. The predicted octanol–water partition coefficient (Wildman–Crippen LogP) is 2.30. The highest BCUT2D eigenvalue weighted by molar-refractivity contribution is 7.89. The summed E-state index contributed by atoms with van der Waals surface area (Å²) < 4.78 is 27.2. The van der Waals surface area contributed by atoms with E-state index in [0.29, 0.717) is 16.0 Å². The van der Waals surface area contributed by atoms with Crippen molar-refractivity contribution in [3.05, 3.63) is 59.2 Å². The summed E-state index contributed by atoms with van der Waals surface area (Å²) in [5, 5.41) is 2.68. The van der Waals surface area contributed by atoms with Gasteiger partial charge in [0, 0.05) is 18.0 Å². The first-order valence-electron chi connectivity index (χ1n) is 7.44. The van der Waals surface area contributed by atoms with Crippen LogP contribution in [0.1, 0.15) is 21.5 Å². The second-order valence-corrected chi connectivity index (χ2v) is 7.66. The lowest BCUT2D eigenvalue weighted by Gasteiger charge is -2.11. The van der Waals surface area contributed by atoms with Crippen molar-refractivity contribution in [2.24, 2.45) is 0 Å². The smallest absolute Gasteiger partial charge is 0.252 e. The minimum Gasteiger partial charge on any atom is -0.351 e. The minimum atomic E-state index is -3.60. The van der Waals surface area contributed by atoms with Crippen LogP contribution in [0.5, 0.6) is 0 Å². The summed E-state index contributed by atoms with van der Waals surface area (Å²) in [5.41, 5.74) is 2.01. The Kier molecular flexibility index (Phi) is 6.04. The Hall–Kier alpha value is -1.83. The van der Waals surface area contributed by atoms with Gasteiger partial charge in [-0.3, -0.25) is 4.79 Å². The molecule has 0 aliphatic heterocycles. The molecule has 1 amide bonds. The number of benzene rings is 2. The number of hydrogen-bond acceptors (Lipinski definition) is 4. The Morgan fingerprint density at radius 1 is 1.08 bits per heavy atom. The van der Waals surface area contributed by atoms with Crippen LogP contribution in [0.2, 0.25) is 0 Å². The summed E-state index contributed by atoms with van der Waals surface area (Å²) >= 11 is 4.22. The Morgan fingerprint density at radius 3 is 2.50 bits per heavy atom. The lowest BCUT2D eigenvalue weighted by Crippen LogP contribution is -2.35. The lowest BCUT2D eigenvalue weighted by molar-refractivity contribution is 0.0951. The first kappa shape index (κ1) is 18.5. The minimum absolute atomic E-state index is 0.107. The van der Waals surface area contributed by atoms with E-state index in [9.17, 15) is 13.2 Å². The van der Waals surface area contributed by atoms with Crippen LogP contribution in [-0.4, -0.2) is 27.4 Å². The number of thiol groups is 1. The molecule has 0 fully saturated rings. The maximum Gasteiger partial charge on any atom is 0.252 e. The van der Waals surface area contributed by atoms with E-state index in [0.717, 1.165) is 5.56 Å². The molecular formula is C17H20N2O3S2. The molecule has 2 aromatic carbocycles. The number of aryl methyl sites for hydroxylation is 2. The molecule has 128 valence electrons. The van der Waals surface area contributed by atoms with Crippen molar-refractivity contribution in [1.82, 2.24) is 10.0 Å². The molecular weight excluding hydrogens is 344 g/mol. The third kappa shape index (κ3) is 4.59. The van der Waals surface area contributed by atoms with Gasteiger partial charge in [-0.2, -0.15) is 0 Å². The third-order valence-electron chi connectivity index (χ3n) is 3.48. The zero-order chi connectivity index (χ0) is 17.7. The lowest BCUT2D eigenvalue weighted by atomic mass is 10.2. The maximum absolute atomic E-state index is 12.3. The number of rotatable bonds is 6. The van der Waals surface area contributed by atoms with Gasteiger partial charge in [0.15, 0.2) is 0 Å². The molecule has 0 spiro atoms. The number of carbonyl (C=O) groups excluding carboxylic acids is 1. The van der Waals surface area contributed by atoms with Crippen LogP contribution in [0.15, 0.2) is 52.3 Å². The molecule has 0 aliphatic rings. The van der Waals surface area contributed by atoms with Gasteiger partial charge in [-0.1, -0.05) is 24.3 Å². The molecule has 0 bridgehead atoms. The second-order valence-electron chi connectivity index (χ2n) is 5.44. The van der Waals surface area contributed by atoms with Crippen molar-refractivity contribution >= 4 is 28.6 Å². The topological polar surface area (TPSA) is 75.3 Å². The highest BCUT2D eigenvalue weighted by Gasteiger charge is 2.16. The van der Waals surface area contributed by atoms with Gasteiger partial charge in [-0.25, -0.2) is 13.1 Å². The summed E-state index contributed by atoms with van der Waals surface area (Å²) in [6.07, 6.45) is 0. The molecule has 2 aromatic rings. The van der Waals surface area contributed by atoms with Gasteiger partial charge < -0.3 is 5.32 Å². The monoisotopic (exact) mass is 364 g/mol. The number of nitrogens with one attached hydrogen (secondary N) is 2. The van der Waals surface area contributed by atoms with Crippen LogP contribution in [-0.2, 0) is 10.0 Å². The summed E-state index contributed by atoms with van der Waals surface area (Å²) in [7, 11) is -3.60. The summed E-state index contributed by atoms with van der Waals surface area (Å²) in [5.74, 6) is -0.286. The Bertz CT molecular complexity index is 849. The molecule has 24 heavy (non-hydrogen) atoms. The number of sulfonamides is 1. The van der Waals surface area contributed by atoms with Gasteiger partial charge >= 0.3 is 0 Å². The standard InChI is InChI=1S/C17H20N2O3S2/c1-12-7-8-13(2)16(11-12)24(21,22)19-10-9-18-17(20)14-5-3-4-6-15(14)23/h3-8,11,19,23H,9-10H2,1-2H3,(H,18,20). The molecule has 7 heteroatoms. The van der Waals surface area contributed by atoms with Gasteiger partial charge in [0.1, 0.15) is 0 Å². The molecule has 0 aliphatic carbocycles. The van der Waals surface area contributed by atoms with Crippen molar-refractivity contribution in [2.45, 2.75) is 23.6 Å². The fraction of sp³-hybridized carbons (Fsp3) is 0.235. The Balaban J connectivity index is 1.93. The van der Waals surface area contributed by atoms with Crippen LogP contribution >= 0.6 is 12.6 Å². The van der Waals surface area contributed by atoms with Gasteiger partial charge in [0.05, 0.1) is 10.5 Å². The third-order valence-corrected chi connectivity index (χ3v) is 5.48. The van der Waals surface area contributed by atoms with E-state index in [1.807, 2.05) is 13.0 Å². The molecule has 5 nitrogen and oxygen atoms in total. The molecule has 0 heterocycles.